The van der Waals surface area contributed by atoms with Gasteiger partial charge in [-0.3, -0.25) is 0 Å². The summed E-state index contributed by atoms with van der Waals surface area (Å²) >= 11 is 0. The highest BCUT2D eigenvalue weighted by molar-refractivity contribution is 5.18. The first-order valence-corrected chi connectivity index (χ1v) is 4.50. The van der Waals surface area contributed by atoms with Crippen molar-refractivity contribution in [2.45, 2.75) is 25.8 Å². The number of pyridine rings is 1. The Hall–Kier alpha value is -1.09. The molecule has 0 saturated carbocycles. The average molecular weight is 180 g/mol. The monoisotopic (exact) mass is 180 g/mol. The minimum absolute atomic E-state index is 0.232. The second-order valence-electron chi connectivity index (χ2n) is 3.08. The fraction of sp³-hybridized carbons (Fsp3) is 0.500. The molecule has 0 spiro atoms. The largest absolute Gasteiger partial charge is 0.481 e. The van der Waals surface area contributed by atoms with Gasteiger partial charge in [-0.1, -0.05) is 13.0 Å². The number of nitrogens with zero attached hydrogens (tertiary/aromatic N) is 1. The number of ether oxygens (including phenoxy) is 1. The SMILES string of the molecule is CCC(N)Cc1ccc(OC)nc1. The van der Waals surface area contributed by atoms with Gasteiger partial charge in [0.15, 0.2) is 0 Å². The Balaban J connectivity index is 2.58. The predicted molar refractivity (Wildman–Crippen MR) is 52.8 cm³/mol. The van der Waals surface area contributed by atoms with Crippen LogP contribution in [0.1, 0.15) is 18.9 Å². The molecule has 1 heterocycles. The fourth-order valence-electron chi connectivity index (χ4n) is 1.10. The van der Waals surface area contributed by atoms with Crippen LogP contribution >= 0.6 is 0 Å². The molecule has 0 saturated heterocycles. The van der Waals surface area contributed by atoms with Crippen molar-refractivity contribution in [3.63, 3.8) is 0 Å². The number of hydrogen-bond donors (Lipinski definition) is 1. The van der Waals surface area contributed by atoms with Crippen LogP contribution in [0.15, 0.2) is 18.3 Å². The topological polar surface area (TPSA) is 48.1 Å². The van der Waals surface area contributed by atoms with Crippen molar-refractivity contribution in [1.29, 1.82) is 0 Å². The molecule has 0 aliphatic heterocycles. The first-order valence-electron chi connectivity index (χ1n) is 4.50. The summed E-state index contributed by atoms with van der Waals surface area (Å²) in [6.07, 6.45) is 3.69. The third kappa shape index (κ3) is 3.03. The molecular weight excluding hydrogens is 164 g/mol. The van der Waals surface area contributed by atoms with Crippen LogP contribution in [-0.4, -0.2) is 18.1 Å². The van der Waals surface area contributed by atoms with E-state index in [-0.39, 0.29) is 6.04 Å². The van der Waals surface area contributed by atoms with E-state index in [0.717, 1.165) is 18.4 Å². The molecule has 72 valence electrons. The third-order valence-electron chi connectivity index (χ3n) is 2.03. The van der Waals surface area contributed by atoms with Crippen LogP contribution in [0.25, 0.3) is 0 Å². The Morgan fingerprint density at radius 1 is 1.54 bits per heavy atom. The van der Waals surface area contributed by atoms with Gasteiger partial charge in [0.25, 0.3) is 0 Å². The van der Waals surface area contributed by atoms with Crippen LogP contribution in [0.5, 0.6) is 5.88 Å². The second-order valence-corrected chi connectivity index (χ2v) is 3.08. The van der Waals surface area contributed by atoms with Crippen molar-refractivity contribution in [3.8, 4) is 5.88 Å². The maximum Gasteiger partial charge on any atom is 0.212 e. The van der Waals surface area contributed by atoms with Gasteiger partial charge >= 0.3 is 0 Å². The zero-order valence-corrected chi connectivity index (χ0v) is 8.16. The minimum Gasteiger partial charge on any atom is -0.481 e. The maximum atomic E-state index is 5.82. The van der Waals surface area contributed by atoms with Crippen LogP contribution in [0, 0.1) is 0 Å². The van der Waals surface area contributed by atoms with Gasteiger partial charge in [0.2, 0.25) is 5.88 Å². The molecule has 3 nitrogen and oxygen atoms in total. The molecular formula is C10H16N2O. The highest BCUT2D eigenvalue weighted by Crippen LogP contribution is 2.08. The lowest BCUT2D eigenvalue weighted by Gasteiger charge is -2.08. The molecule has 1 atom stereocenters. The standard InChI is InChI=1S/C10H16N2O/c1-3-9(11)6-8-4-5-10(13-2)12-7-8/h4-5,7,9H,3,6,11H2,1-2H3. The van der Waals surface area contributed by atoms with E-state index in [0.29, 0.717) is 5.88 Å². The molecule has 0 fully saturated rings. The van der Waals surface area contributed by atoms with Crippen LogP contribution in [0.2, 0.25) is 0 Å². The van der Waals surface area contributed by atoms with E-state index in [9.17, 15) is 0 Å². The molecule has 0 radical (unpaired) electrons. The van der Waals surface area contributed by atoms with Crippen molar-refractivity contribution in [2.24, 2.45) is 5.73 Å². The molecule has 3 heteroatoms. The highest BCUT2D eigenvalue weighted by Gasteiger charge is 2.01. The summed E-state index contributed by atoms with van der Waals surface area (Å²) in [4.78, 5) is 4.11. The molecule has 13 heavy (non-hydrogen) atoms. The molecule has 0 aromatic carbocycles. The maximum absolute atomic E-state index is 5.82. The number of hydrogen-bond acceptors (Lipinski definition) is 3. The van der Waals surface area contributed by atoms with Crippen molar-refractivity contribution < 1.29 is 4.74 Å². The number of aromatic nitrogens is 1. The number of nitrogens with two attached hydrogens (primary N) is 1. The van der Waals surface area contributed by atoms with E-state index in [4.69, 9.17) is 10.5 Å². The fourth-order valence-corrected chi connectivity index (χ4v) is 1.10. The van der Waals surface area contributed by atoms with E-state index >= 15 is 0 Å². The highest BCUT2D eigenvalue weighted by atomic mass is 16.5. The van der Waals surface area contributed by atoms with Gasteiger partial charge in [0.1, 0.15) is 0 Å². The lowest BCUT2D eigenvalue weighted by atomic mass is 10.1. The van der Waals surface area contributed by atoms with Gasteiger partial charge in [-0.15, -0.1) is 0 Å². The summed E-state index contributed by atoms with van der Waals surface area (Å²) in [7, 11) is 1.61. The number of rotatable bonds is 4. The van der Waals surface area contributed by atoms with Crippen molar-refractivity contribution in [1.82, 2.24) is 4.98 Å². The molecule has 0 bridgehead atoms. The van der Waals surface area contributed by atoms with E-state index in [2.05, 4.69) is 11.9 Å². The molecule has 0 aliphatic rings. The van der Waals surface area contributed by atoms with Gasteiger partial charge in [-0.25, -0.2) is 4.98 Å². The molecule has 0 aliphatic carbocycles. The van der Waals surface area contributed by atoms with E-state index in [1.807, 2.05) is 18.3 Å². The van der Waals surface area contributed by atoms with E-state index in [1.54, 1.807) is 7.11 Å². The summed E-state index contributed by atoms with van der Waals surface area (Å²) in [5.74, 6) is 0.647. The van der Waals surface area contributed by atoms with Crippen molar-refractivity contribution >= 4 is 0 Å². The first kappa shape index (κ1) is 9.99. The van der Waals surface area contributed by atoms with Gasteiger partial charge in [-0.2, -0.15) is 0 Å². The Morgan fingerprint density at radius 2 is 2.31 bits per heavy atom. The van der Waals surface area contributed by atoms with Gasteiger partial charge in [0.05, 0.1) is 7.11 Å². The normalized spacial score (nSPS) is 12.5. The van der Waals surface area contributed by atoms with Crippen molar-refractivity contribution in [3.05, 3.63) is 23.9 Å². The lowest BCUT2D eigenvalue weighted by Crippen LogP contribution is -2.21. The summed E-state index contributed by atoms with van der Waals surface area (Å²) in [6.45, 7) is 2.08. The van der Waals surface area contributed by atoms with Gasteiger partial charge < -0.3 is 10.5 Å². The molecule has 1 unspecified atom stereocenters. The van der Waals surface area contributed by atoms with Crippen LogP contribution in [-0.2, 0) is 6.42 Å². The number of methoxy groups -OCH3 is 1. The van der Waals surface area contributed by atoms with E-state index < -0.39 is 0 Å². The Bertz CT molecular complexity index is 246. The average Bonchev–Trinajstić information content (AvgIpc) is 2.19. The van der Waals surface area contributed by atoms with Crippen molar-refractivity contribution in [2.75, 3.05) is 7.11 Å². The molecule has 1 aromatic rings. The zero-order chi connectivity index (χ0) is 9.68. The zero-order valence-electron chi connectivity index (χ0n) is 8.16. The van der Waals surface area contributed by atoms with Crippen LogP contribution in [0.3, 0.4) is 0 Å². The summed E-state index contributed by atoms with van der Waals surface area (Å²) in [5.41, 5.74) is 6.98. The molecule has 2 N–H and O–H groups in total. The summed E-state index contributed by atoms with van der Waals surface area (Å²) in [5, 5.41) is 0. The molecule has 0 amide bonds. The lowest BCUT2D eigenvalue weighted by molar-refractivity contribution is 0.397. The Labute approximate surface area is 78.9 Å². The van der Waals surface area contributed by atoms with Crippen LogP contribution < -0.4 is 10.5 Å². The predicted octanol–water partition coefficient (Wildman–Crippen LogP) is 1.37. The molecule has 1 aromatic heterocycles. The smallest absolute Gasteiger partial charge is 0.212 e. The Morgan fingerprint density at radius 3 is 2.77 bits per heavy atom. The third-order valence-corrected chi connectivity index (χ3v) is 2.03. The van der Waals surface area contributed by atoms with E-state index in [1.165, 1.54) is 0 Å². The van der Waals surface area contributed by atoms with Crippen LogP contribution in [0.4, 0.5) is 0 Å². The summed E-state index contributed by atoms with van der Waals surface area (Å²) in [6, 6.07) is 4.09. The quantitative estimate of drug-likeness (QED) is 0.761. The summed E-state index contributed by atoms with van der Waals surface area (Å²) < 4.78 is 4.96. The first-order chi connectivity index (χ1) is 6.26. The second kappa shape index (κ2) is 4.82. The molecule has 1 rings (SSSR count). The van der Waals surface area contributed by atoms with Gasteiger partial charge in [0, 0.05) is 18.3 Å². The minimum atomic E-state index is 0.232. The Kier molecular flexibility index (Phi) is 3.71. The van der Waals surface area contributed by atoms with Gasteiger partial charge in [-0.05, 0) is 18.4 Å².